The fraction of sp³-hybridized carbons (Fsp3) is 0.368. The second-order valence-corrected chi connectivity index (χ2v) is 6.52. The molecule has 0 radical (unpaired) electrons. The molecule has 0 amide bonds. The zero-order valence-electron chi connectivity index (χ0n) is 13.0. The number of rotatable bonds is 3. The van der Waals surface area contributed by atoms with Crippen molar-refractivity contribution >= 4 is 0 Å². The third kappa shape index (κ3) is 3.10. The molecule has 0 heterocycles. The van der Waals surface area contributed by atoms with Crippen LogP contribution in [0, 0.1) is 6.92 Å². The SMILES string of the molecule is Cc1cc(C(C)(C)C)ccc1C(CN)c1ccccc1. The Morgan fingerprint density at radius 3 is 2.15 bits per heavy atom. The van der Waals surface area contributed by atoms with E-state index in [2.05, 4.69) is 70.2 Å². The first-order valence-electron chi connectivity index (χ1n) is 7.29. The minimum atomic E-state index is 0.189. The molecule has 0 spiro atoms. The highest BCUT2D eigenvalue weighted by Crippen LogP contribution is 2.30. The molecule has 2 aromatic carbocycles. The van der Waals surface area contributed by atoms with Crippen LogP contribution in [0.2, 0.25) is 0 Å². The number of nitrogens with two attached hydrogens (primary N) is 1. The molecule has 0 aliphatic rings. The maximum absolute atomic E-state index is 6.03. The van der Waals surface area contributed by atoms with E-state index in [1.54, 1.807) is 0 Å². The van der Waals surface area contributed by atoms with Crippen LogP contribution in [-0.2, 0) is 5.41 Å². The van der Waals surface area contributed by atoms with Crippen molar-refractivity contribution < 1.29 is 0 Å². The normalized spacial score (nSPS) is 13.2. The Bertz CT molecular complexity index is 564. The molecule has 0 aromatic heterocycles. The molecule has 1 unspecified atom stereocenters. The molecular weight excluding hydrogens is 242 g/mol. The quantitative estimate of drug-likeness (QED) is 0.877. The summed E-state index contributed by atoms with van der Waals surface area (Å²) in [6.45, 7) is 9.58. The Balaban J connectivity index is 2.42. The van der Waals surface area contributed by atoms with Crippen LogP contribution in [0.15, 0.2) is 48.5 Å². The second kappa shape index (κ2) is 5.80. The molecule has 2 rings (SSSR count). The fourth-order valence-corrected chi connectivity index (χ4v) is 2.66. The average Bonchev–Trinajstić information content (AvgIpc) is 2.41. The van der Waals surface area contributed by atoms with Gasteiger partial charge in [-0.1, -0.05) is 69.3 Å². The van der Waals surface area contributed by atoms with Gasteiger partial charge in [0.05, 0.1) is 0 Å². The van der Waals surface area contributed by atoms with Gasteiger partial charge >= 0.3 is 0 Å². The molecule has 0 aliphatic carbocycles. The molecule has 106 valence electrons. The van der Waals surface area contributed by atoms with Gasteiger partial charge in [0.25, 0.3) is 0 Å². The third-order valence-electron chi connectivity index (χ3n) is 3.95. The number of aryl methyl sites for hydroxylation is 1. The summed E-state index contributed by atoms with van der Waals surface area (Å²) < 4.78 is 0. The summed E-state index contributed by atoms with van der Waals surface area (Å²) in [5.41, 5.74) is 11.6. The zero-order chi connectivity index (χ0) is 14.8. The standard InChI is InChI=1S/C19H25N/c1-14-12-16(19(2,3)4)10-11-17(14)18(13-20)15-8-6-5-7-9-15/h5-12,18H,13,20H2,1-4H3. The van der Waals surface area contributed by atoms with Crippen molar-refractivity contribution in [2.75, 3.05) is 6.54 Å². The fourth-order valence-electron chi connectivity index (χ4n) is 2.66. The van der Waals surface area contributed by atoms with E-state index < -0.39 is 0 Å². The smallest absolute Gasteiger partial charge is 0.0215 e. The van der Waals surface area contributed by atoms with E-state index in [-0.39, 0.29) is 11.3 Å². The number of benzene rings is 2. The molecule has 2 aromatic rings. The van der Waals surface area contributed by atoms with Gasteiger partial charge in [-0.05, 0) is 34.6 Å². The highest BCUT2D eigenvalue weighted by Gasteiger charge is 2.18. The monoisotopic (exact) mass is 267 g/mol. The lowest BCUT2D eigenvalue weighted by Gasteiger charge is -2.23. The van der Waals surface area contributed by atoms with E-state index in [4.69, 9.17) is 5.73 Å². The van der Waals surface area contributed by atoms with E-state index in [0.717, 1.165) is 0 Å². The van der Waals surface area contributed by atoms with Gasteiger partial charge in [0.2, 0.25) is 0 Å². The molecule has 1 heteroatoms. The van der Waals surface area contributed by atoms with Crippen molar-refractivity contribution in [1.29, 1.82) is 0 Å². The van der Waals surface area contributed by atoms with Gasteiger partial charge in [-0.15, -0.1) is 0 Å². The minimum absolute atomic E-state index is 0.189. The van der Waals surface area contributed by atoms with Gasteiger partial charge in [0.15, 0.2) is 0 Å². The lowest BCUT2D eigenvalue weighted by molar-refractivity contribution is 0.589. The van der Waals surface area contributed by atoms with Crippen LogP contribution < -0.4 is 5.73 Å². The van der Waals surface area contributed by atoms with Gasteiger partial charge in [-0.2, -0.15) is 0 Å². The Labute approximate surface area is 122 Å². The Morgan fingerprint density at radius 2 is 1.65 bits per heavy atom. The van der Waals surface area contributed by atoms with Crippen molar-refractivity contribution in [3.63, 3.8) is 0 Å². The molecule has 0 saturated carbocycles. The van der Waals surface area contributed by atoms with Crippen LogP contribution >= 0.6 is 0 Å². The zero-order valence-corrected chi connectivity index (χ0v) is 13.0. The van der Waals surface area contributed by atoms with Crippen molar-refractivity contribution in [2.24, 2.45) is 5.73 Å². The highest BCUT2D eigenvalue weighted by atomic mass is 14.5. The van der Waals surface area contributed by atoms with Crippen molar-refractivity contribution in [3.05, 3.63) is 70.8 Å². The van der Waals surface area contributed by atoms with Crippen molar-refractivity contribution in [1.82, 2.24) is 0 Å². The Morgan fingerprint density at radius 1 is 1.00 bits per heavy atom. The van der Waals surface area contributed by atoms with E-state index in [0.29, 0.717) is 6.54 Å². The largest absolute Gasteiger partial charge is 0.330 e. The first-order valence-corrected chi connectivity index (χ1v) is 7.29. The van der Waals surface area contributed by atoms with Crippen LogP contribution in [0.25, 0.3) is 0 Å². The van der Waals surface area contributed by atoms with E-state index in [1.807, 2.05) is 6.07 Å². The first-order chi connectivity index (χ1) is 9.43. The highest BCUT2D eigenvalue weighted by molar-refractivity contribution is 5.41. The van der Waals surface area contributed by atoms with E-state index in [9.17, 15) is 0 Å². The van der Waals surface area contributed by atoms with E-state index >= 15 is 0 Å². The predicted molar refractivity (Wildman–Crippen MR) is 87.2 cm³/mol. The van der Waals surface area contributed by atoms with Crippen LogP contribution in [0.3, 0.4) is 0 Å². The maximum Gasteiger partial charge on any atom is 0.0215 e. The van der Waals surface area contributed by atoms with Gasteiger partial charge < -0.3 is 5.73 Å². The third-order valence-corrected chi connectivity index (χ3v) is 3.95. The summed E-state index contributed by atoms with van der Waals surface area (Å²) >= 11 is 0. The molecular formula is C19H25N. The number of hydrogen-bond acceptors (Lipinski definition) is 1. The topological polar surface area (TPSA) is 26.0 Å². The molecule has 0 bridgehead atoms. The summed E-state index contributed by atoms with van der Waals surface area (Å²) in [6.07, 6.45) is 0. The van der Waals surface area contributed by atoms with Crippen LogP contribution in [-0.4, -0.2) is 6.54 Å². The maximum atomic E-state index is 6.03. The summed E-state index contributed by atoms with van der Waals surface area (Å²) in [5.74, 6) is 0.283. The Hall–Kier alpha value is -1.60. The summed E-state index contributed by atoms with van der Waals surface area (Å²) in [5, 5.41) is 0. The minimum Gasteiger partial charge on any atom is -0.330 e. The average molecular weight is 267 g/mol. The van der Waals surface area contributed by atoms with E-state index in [1.165, 1.54) is 22.3 Å². The van der Waals surface area contributed by atoms with Gasteiger partial charge in [-0.3, -0.25) is 0 Å². The molecule has 2 N–H and O–H groups in total. The van der Waals surface area contributed by atoms with Crippen molar-refractivity contribution in [2.45, 2.75) is 39.0 Å². The lowest BCUT2D eigenvalue weighted by Crippen LogP contribution is -2.16. The predicted octanol–water partition coefficient (Wildman–Crippen LogP) is 4.38. The summed E-state index contributed by atoms with van der Waals surface area (Å²) in [4.78, 5) is 0. The van der Waals surface area contributed by atoms with Gasteiger partial charge in [0, 0.05) is 12.5 Å². The van der Waals surface area contributed by atoms with Crippen LogP contribution in [0.4, 0.5) is 0 Å². The molecule has 1 nitrogen and oxygen atoms in total. The summed E-state index contributed by atoms with van der Waals surface area (Å²) in [7, 11) is 0. The van der Waals surface area contributed by atoms with Crippen LogP contribution in [0.1, 0.15) is 48.9 Å². The molecule has 0 saturated heterocycles. The molecule has 0 aliphatic heterocycles. The lowest BCUT2D eigenvalue weighted by atomic mass is 9.82. The summed E-state index contributed by atoms with van der Waals surface area (Å²) in [6, 6.07) is 17.3. The first kappa shape index (κ1) is 14.8. The molecule has 1 atom stereocenters. The molecule has 20 heavy (non-hydrogen) atoms. The van der Waals surface area contributed by atoms with Gasteiger partial charge in [0.1, 0.15) is 0 Å². The van der Waals surface area contributed by atoms with Crippen LogP contribution in [0.5, 0.6) is 0 Å². The van der Waals surface area contributed by atoms with Gasteiger partial charge in [-0.25, -0.2) is 0 Å². The molecule has 0 fully saturated rings. The Kier molecular flexibility index (Phi) is 4.29. The second-order valence-electron chi connectivity index (χ2n) is 6.52. The number of hydrogen-bond donors (Lipinski definition) is 1. The van der Waals surface area contributed by atoms with Crippen molar-refractivity contribution in [3.8, 4) is 0 Å².